The van der Waals surface area contributed by atoms with Crippen molar-refractivity contribution in [2.24, 2.45) is 5.92 Å². The SMILES string of the molecule is CC1CCC2(CC1)OC[C@H](C(=O)NCCCN1CCOCC1)N2C(=O)c1ccc(F)cc1. The molecule has 32 heavy (non-hydrogen) atoms. The third-order valence-electron chi connectivity index (χ3n) is 6.98. The van der Waals surface area contributed by atoms with Gasteiger partial charge < -0.3 is 14.8 Å². The largest absolute Gasteiger partial charge is 0.379 e. The van der Waals surface area contributed by atoms with Crippen LogP contribution in [0, 0.1) is 11.7 Å². The lowest BCUT2D eigenvalue weighted by atomic mass is 9.83. The van der Waals surface area contributed by atoms with Crippen molar-refractivity contribution in [3.63, 3.8) is 0 Å². The van der Waals surface area contributed by atoms with Gasteiger partial charge in [0.05, 0.1) is 19.8 Å². The number of halogens is 1. The van der Waals surface area contributed by atoms with Gasteiger partial charge in [0.15, 0.2) is 0 Å². The van der Waals surface area contributed by atoms with E-state index in [1.165, 1.54) is 24.3 Å². The van der Waals surface area contributed by atoms with Crippen LogP contribution in [0.2, 0.25) is 0 Å². The Bertz CT molecular complexity index is 789. The fourth-order valence-corrected chi connectivity index (χ4v) is 4.97. The van der Waals surface area contributed by atoms with Crippen LogP contribution in [0.25, 0.3) is 0 Å². The van der Waals surface area contributed by atoms with Gasteiger partial charge in [0.25, 0.3) is 5.91 Å². The summed E-state index contributed by atoms with van der Waals surface area (Å²) in [6.45, 7) is 7.21. The number of amides is 2. The van der Waals surface area contributed by atoms with Gasteiger partial charge in [-0.2, -0.15) is 0 Å². The molecule has 1 saturated carbocycles. The smallest absolute Gasteiger partial charge is 0.256 e. The summed E-state index contributed by atoms with van der Waals surface area (Å²) >= 11 is 0. The molecule has 1 aromatic carbocycles. The molecule has 0 radical (unpaired) electrons. The Labute approximate surface area is 189 Å². The first-order chi connectivity index (χ1) is 15.5. The molecule has 8 heteroatoms. The summed E-state index contributed by atoms with van der Waals surface area (Å²) in [5, 5.41) is 3.01. The van der Waals surface area contributed by atoms with E-state index in [4.69, 9.17) is 9.47 Å². The number of ether oxygens (including phenoxy) is 2. The van der Waals surface area contributed by atoms with Crippen LogP contribution in [-0.2, 0) is 14.3 Å². The summed E-state index contributed by atoms with van der Waals surface area (Å²) in [4.78, 5) is 30.6. The Morgan fingerprint density at radius 2 is 1.84 bits per heavy atom. The minimum absolute atomic E-state index is 0.182. The van der Waals surface area contributed by atoms with Gasteiger partial charge >= 0.3 is 0 Å². The minimum atomic E-state index is -0.756. The Hall–Kier alpha value is -2.03. The normalized spacial score (nSPS) is 28.8. The van der Waals surface area contributed by atoms with Crippen molar-refractivity contribution in [2.45, 2.75) is 50.8 Å². The molecule has 1 aromatic rings. The van der Waals surface area contributed by atoms with Gasteiger partial charge in [-0.05, 0) is 68.8 Å². The van der Waals surface area contributed by atoms with Crippen molar-refractivity contribution in [3.8, 4) is 0 Å². The minimum Gasteiger partial charge on any atom is -0.379 e. The number of carbonyl (C=O) groups excluding carboxylic acids is 2. The lowest BCUT2D eigenvalue weighted by Crippen LogP contribution is -2.57. The number of carbonyl (C=O) groups is 2. The second-order valence-electron chi connectivity index (χ2n) is 9.24. The zero-order chi connectivity index (χ0) is 22.6. The van der Waals surface area contributed by atoms with E-state index in [-0.39, 0.29) is 18.4 Å². The predicted octanol–water partition coefficient (Wildman–Crippen LogP) is 2.41. The van der Waals surface area contributed by atoms with Gasteiger partial charge in [-0.1, -0.05) is 6.92 Å². The lowest BCUT2D eigenvalue weighted by Gasteiger charge is -2.43. The number of hydrogen-bond acceptors (Lipinski definition) is 5. The second kappa shape index (κ2) is 10.3. The maximum atomic E-state index is 13.5. The van der Waals surface area contributed by atoms with Gasteiger partial charge in [-0.3, -0.25) is 19.4 Å². The summed E-state index contributed by atoms with van der Waals surface area (Å²) in [5.74, 6) is -0.279. The van der Waals surface area contributed by atoms with E-state index >= 15 is 0 Å². The van der Waals surface area contributed by atoms with Crippen molar-refractivity contribution in [2.75, 3.05) is 46.0 Å². The highest BCUT2D eigenvalue weighted by atomic mass is 19.1. The van der Waals surface area contributed by atoms with Crippen LogP contribution >= 0.6 is 0 Å². The molecular formula is C24H34FN3O4. The van der Waals surface area contributed by atoms with Crippen molar-refractivity contribution in [1.29, 1.82) is 0 Å². The van der Waals surface area contributed by atoms with E-state index in [1.54, 1.807) is 4.90 Å². The first-order valence-corrected chi connectivity index (χ1v) is 11.8. The average Bonchev–Trinajstić information content (AvgIpc) is 3.18. The van der Waals surface area contributed by atoms with Gasteiger partial charge in [-0.15, -0.1) is 0 Å². The van der Waals surface area contributed by atoms with Gasteiger partial charge in [-0.25, -0.2) is 4.39 Å². The van der Waals surface area contributed by atoms with E-state index in [9.17, 15) is 14.0 Å². The molecule has 1 aliphatic carbocycles. The van der Waals surface area contributed by atoms with Crippen LogP contribution in [0.4, 0.5) is 4.39 Å². The molecule has 3 aliphatic rings. The second-order valence-corrected chi connectivity index (χ2v) is 9.24. The molecule has 0 bridgehead atoms. The molecule has 1 spiro atoms. The molecule has 0 aromatic heterocycles. The van der Waals surface area contributed by atoms with Gasteiger partial charge in [0.1, 0.15) is 17.6 Å². The molecule has 176 valence electrons. The van der Waals surface area contributed by atoms with Gasteiger partial charge in [0, 0.05) is 25.2 Å². The van der Waals surface area contributed by atoms with Crippen LogP contribution in [0.1, 0.15) is 49.4 Å². The Morgan fingerprint density at radius 1 is 1.16 bits per heavy atom. The number of nitrogens with one attached hydrogen (secondary N) is 1. The molecule has 3 fully saturated rings. The molecule has 0 unspecified atom stereocenters. The van der Waals surface area contributed by atoms with Crippen molar-refractivity contribution in [3.05, 3.63) is 35.6 Å². The molecule has 2 saturated heterocycles. The fraction of sp³-hybridized carbons (Fsp3) is 0.667. The molecule has 2 aliphatic heterocycles. The number of hydrogen-bond donors (Lipinski definition) is 1. The van der Waals surface area contributed by atoms with Crippen molar-refractivity contribution in [1.82, 2.24) is 15.1 Å². The summed E-state index contributed by atoms with van der Waals surface area (Å²) in [6, 6.07) is 4.84. The van der Waals surface area contributed by atoms with Crippen LogP contribution in [0.5, 0.6) is 0 Å². The third kappa shape index (κ3) is 5.13. The molecule has 1 atom stereocenters. The molecule has 7 nitrogen and oxygen atoms in total. The fourth-order valence-electron chi connectivity index (χ4n) is 4.97. The van der Waals surface area contributed by atoms with Crippen LogP contribution in [-0.4, -0.2) is 79.4 Å². The number of rotatable bonds is 6. The molecule has 2 heterocycles. The number of nitrogens with zero attached hydrogens (tertiary/aromatic N) is 2. The average molecular weight is 448 g/mol. The molecule has 4 rings (SSSR count). The van der Waals surface area contributed by atoms with Gasteiger partial charge in [0.2, 0.25) is 5.91 Å². The summed E-state index contributed by atoms with van der Waals surface area (Å²) in [6.07, 6.45) is 4.15. The van der Waals surface area contributed by atoms with E-state index < -0.39 is 17.6 Å². The molecule has 2 amide bonds. The lowest BCUT2D eigenvalue weighted by molar-refractivity contribution is -0.127. The van der Waals surface area contributed by atoms with E-state index in [0.29, 0.717) is 30.9 Å². The van der Waals surface area contributed by atoms with Crippen LogP contribution in [0.3, 0.4) is 0 Å². The number of benzene rings is 1. The molecule has 1 N–H and O–H groups in total. The Balaban J connectivity index is 1.42. The standard InChI is InChI=1S/C24H34FN3O4/c1-18-7-9-24(10-8-18)28(23(30)19-3-5-20(25)6-4-19)21(17-32-24)22(29)26-11-2-12-27-13-15-31-16-14-27/h3-6,18,21H,2,7-17H2,1H3,(H,26,29)/t18?,21-,24?/m1/s1. The first-order valence-electron chi connectivity index (χ1n) is 11.8. The quantitative estimate of drug-likeness (QED) is 0.679. The van der Waals surface area contributed by atoms with Crippen LogP contribution < -0.4 is 5.32 Å². The Kier molecular flexibility index (Phi) is 7.43. The van der Waals surface area contributed by atoms with E-state index in [0.717, 1.165) is 52.1 Å². The van der Waals surface area contributed by atoms with Crippen LogP contribution in [0.15, 0.2) is 24.3 Å². The Morgan fingerprint density at radius 3 is 2.53 bits per heavy atom. The topological polar surface area (TPSA) is 71.1 Å². The third-order valence-corrected chi connectivity index (χ3v) is 6.98. The summed E-state index contributed by atoms with van der Waals surface area (Å²) in [5.41, 5.74) is -0.381. The maximum Gasteiger partial charge on any atom is 0.256 e. The predicted molar refractivity (Wildman–Crippen MR) is 118 cm³/mol. The maximum absolute atomic E-state index is 13.5. The van der Waals surface area contributed by atoms with E-state index in [2.05, 4.69) is 17.1 Å². The highest BCUT2D eigenvalue weighted by Crippen LogP contribution is 2.43. The summed E-state index contributed by atoms with van der Waals surface area (Å²) < 4.78 is 25.0. The summed E-state index contributed by atoms with van der Waals surface area (Å²) in [7, 11) is 0. The van der Waals surface area contributed by atoms with E-state index in [1.807, 2.05) is 0 Å². The first kappa shape index (κ1) is 23.1. The monoisotopic (exact) mass is 447 g/mol. The van der Waals surface area contributed by atoms with Crippen molar-refractivity contribution >= 4 is 11.8 Å². The zero-order valence-corrected chi connectivity index (χ0v) is 18.9. The number of morpholine rings is 1. The zero-order valence-electron chi connectivity index (χ0n) is 18.9. The van der Waals surface area contributed by atoms with Crippen molar-refractivity contribution < 1.29 is 23.5 Å². The highest BCUT2D eigenvalue weighted by Gasteiger charge is 2.53. The molecular weight excluding hydrogens is 413 g/mol. The highest BCUT2D eigenvalue weighted by molar-refractivity contribution is 5.98.